The summed E-state index contributed by atoms with van der Waals surface area (Å²) in [5.41, 5.74) is 3.12. The van der Waals surface area contributed by atoms with Crippen LogP contribution in [0.2, 0.25) is 0 Å². The van der Waals surface area contributed by atoms with Gasteiger partial charge in [-0.25, -0.2) is 0 Å². The molecule has 0 atom stereocenters. The summed E-state index contributed by atoms with van der Waals surface area (Å²) in [7, 11) is 0. The highest BCUT2D eigenvalue weighted by atomic mass is 15.1. The number of fused-ring (bicyclic) bond motifs is 1. The van der Waals surface area contributed by atoms with E-state index in [1.807, 2.05) is 0 Å². The molecule has 0 radical (unpaired) electrons. The van der Waals surface area contributed by atoms with E-state index in [9.17, 15) is 0 Å². The van der Waals surface area contributed by atoms with Gasteiger partial charge in [-0.15, -0.1) is 0 Å². The molecule has 0 fully saturated rings. The van der Waals surface area contributed by atoms with Gasteiger partial charge in [0.1, 0.15) is 0 Å². The Kier molecular flexibility index (Phi) is 7.10. The van der Waals surface area contributed by atoms with Crippen LogP contribution in [0.3, 0.4) is 0 Å². The van der Waals surface area contributed by atoms with Crippen LogP contribution in [0.15, 0.2) is 24.3 Å². The minimum absolute atomic E-state index is 1.16. The van der Waals surface area contributed by atoms with Crippen LogP contribution in [-0.4, -0.2) is 31.1 Å². The highest BCUT2D eigenvalue weighted by Crippen LogP contribution is 2.18. The summed E-state index contributed by atoms with van der Waals surface area (Å²) >= 11 is 0. The second-order valence-corrected chi connectivity index (χ2v) is 5.96. The zero-order valence-electron chi connectivity index (χ0n) is 13.0. The lowest BCUT2D eigenvalue weighted by molar-refractivity contribution is 0.263. The molecule has 20 heavy (non-hydrogen) atoms. The van der Waals surface area contributed by atoms with E-state index >= 15 is 0 Å². The van der Waals surface area contributed by atoms with Gasteiger partial charge in [0.25, 0.3) is 0 Å². The van der Waals surface area contributed by atoms with E-state index in [2.05, 4.69) is 41.4 Å². The number of rotatable bonds is 8. The lowest BCUT2D eigenvalue weighted by Crippen LogP contribution is -2.24. The molecule has 0 saturated heterocycles. The quantitative estimate of drug-likeness (QED) is 0.729. The van der Waals surface area contributed by atoms with Crippen molar-refractivity contribution in [2.24, 2.45) is 0 Å². The Balaban J connectivity index is 1.64. The molecule has 2 rings (SSSR count). The SMILES string of the molecule is CCCNCCCCCN1CCCc2ccccc2C1. The van der Waals surface area contributed by atoms with Crippen LogP contribution in [0.4, 0.5) is 0 Å². The maximum absolute atomic E-state index is 3.48. The van der Waals surface area contributed by atoms with E-state index in [1.165, 1.54) is 64.7 Å². The Hall–Kier alpha value is -0.860. The third-order valence-electron chi connectivity index (χ3n) is 4.19. The van der Waals surface area contributed by atoms with Gasteiger partial charge in [0.2, 0.25) is 0 Å². The second-order valence-electron chi connectivity index (χ2n) is 5.96. The summed E-state index contributed by atoms with van der Waals surface area (Å²) in [5, 5.41) is 3.48. The normalized spacial score (nSPS) is 15.8. The van der Waals surface area contributed by atoms with E-state index in [0.717, 1.165) is 6.54 Å². The Morgan fingerprint density at radius 3 is 2.75 bits per heavy atom. The van der Waals surface area contributed by atoms with E-state index < -0.39 is 0 Å². The molecule has 1 aromatic carbocycles. The molecule has 0 spiro atoms. The standard InChI is InChI=1S/C18H30N2/c1-2-12-19-13-6-3-7-14-20-15-8-11-17-9-4-5-10-18(17)16-20/h4-5,9-10,19H,2-3,6-8,11-16H2,1H3. The van der Waals surface area contributed by atoms with Crippen LogP contribution in [0.5, 0.6) is 0 Å². The molecule has 0 bridgehead atoms. The van der Waals surface area contributed by atoms with E-state index in [0.29, 0.717) is 0 Å². The first-order chi connectivity index (χ1) is 9.90. The smallest absolute Gasteiger partial charge is 0.0236 e. The molecule has 2 heteroatoms. The third kappa shape index (κ3) is 5.26. The molecule has 2 nitrogen and oxygen atoms in total. The van der Waals surface area contributed by atoms with Crippen molar-refractivity contribution in [3.05, 3.63) is 35.4 Å². The van der Waals surface area contributed by atoms with Crippen molar-refractivity contribution in [1.82, 2.24) is 10.2 Å². The van der Waals surface area contributed by atoms with Crippen LogP contribution >= 0.6 is 0 Å². The lowest BCUT2D eigenvalue weighted by Gasteiger charge is -2.20. The van der Waals surface area contributed by atoms with Gasteiger partial charge in [-0.1, -0.05) is 37.6 Å². The average molecular weight is 274 g/mol. The molecule has 0 aliphatic carbocycles. The van der Waals surface area contributed by atoms with Crippen molar-refractivity contribution in [3.8, 4) is 0 Å². The first-order valence-electron chi connectivity index (χ1n) is 8.40. The van der Waals surface area contributed by atoms with Crippen LogP contribution in [0.25, 0.3) is 0 Å². The molecule has 1 aliphatic rings. The number of nitrogens with one attached hydrogen (secondary N) is 1. The van der Waals surface area contributed by atoms with Gasteiger partial charge >= 0.3 is 0 Å². The average Bonchev–Trinajstić information content (AvgIpc) is 2.68. The van der Waals surface area contributed by atoms with E-state index in [-0.39, 0.29) is 0 Å². The zero-order valence-corrected chi connectivity index (χ0v) is 13.0. The maximum atomic E-state index is 3.48. The van der Waals surface area contributed by atoms with Crippen LogP contribution in [0.1, 0.15) is 50.2 Å². The number of hydrogen-bond acceptors (Lipinski definition) is 2. The van der Waals surface area contributed by atoms with Crippen molar-refractivity contribution in [1.29, 1.82) is 0 Å². The third-order valence-corrected chi connectivity index (χ3v) is 4.19. The Bertz CT molecular complexity index is 375. The maximum Gasteiger partial charge on any atom is 0.0236 e. The molecule has 1 N–H and O–H groups in total. The summed E-state index contributed by atoms with van der Waals surface area (Å²) in [6.45, 7) is 8.28. The molecule has 1 heterocycles. The largest absolute Gasteiger partial charge is 0.317 e. The fourth-order valence-corrected chi connectivity index (χ4v) is 3.02. The molecule has 0 amide bonds. The number of aryl methyl sites for hydroxylation is 1. The summed E-state index contributed by atoms with van der Waals surface area (Å²) in [4.78, 5) is 2.64. The predicted molar refractivity (Wildman–Crippen MR) is 87.1 cm³/mol. The van der Waals surface area contributed by atoms with E-state index in [4.69, 9.17) is 0 Å². The zero-order chi connectivity index (χ0) is 14.0. The van der Waals surface area contributed by atoms with Crippen LogP contribution in [0, 0.1) is 0 Å². The minimum Gasteiger partial charge on any atom is -0.317 e. The molecule has 0 aromatic heterocycles. The Morgan fingerprint density at radius 2 is 1.90 bits per heavy atom. The summed E-state index contributed by atoms with van der Waals surface area (Å²) < 4.78 is 0. The van der Waals surface area contributed by atoms with E-state index in [1.54, 1.807) is 11.1 Å². The van der Waals surface area contributed by atoms with Crippen molar-refractivity contribution < 1.29 is 0 Å². The molecule has 0 saturated carbocycles. The second kappa shape index (κ2) is 9.15. The molecule has 1 aromatic rings. The predicted octanol–water partition coefficient (Wildman–Crippen LogP) is 3.60. The number of hydrogen-bond donors (Lipinski definition) is 1. The number of nitrogens with zero attached hydrogens (tertiary/aromatic N) is 1. The highest BCUT2D eigenvalue weighted by molar-refractivity contribution is 5.27. The van der Waals surface area contributed by atoms with Gasteiger partial charge in [0, 0.05) is 6.54 Å². The Labute approximate surface area is 124 Å². The molecular weight excluding hydrogens is 244 g/mol. The van der Waals surface area contributed by atoms with Crippen LogP contribution in [-0.2, 0) is 13.0 Å². The Morgan fingerprint density at radius 1 is 1.05 bits per heavy atom. The van der Waals surface area contributed by atoms with Crippen molar-refractivity contribution in [2.75, 3.05) is 26.2 Å². The van der Waals surface area contributed by atoms with Gasteiger partial charge in [0.15, 0.2) is 0 Å². The first-order valence-corrected chi connectivity index (χ1v) is 8.40. The van der Waals surface area contributed by atoms with Crippen LogP contribution < -0.4 is 5.32 Å². The fourth-order valence-electron chi connectivity index (χ4n) is 3.02. The highest BCUT2D eigenvalue weighted by Gasteiger charge is 2.12. The van der Waals surface area contributed by atoms with Gasteiger partial charge < -0.3 is 5.32 Å². The van der Waals surface area contributed by atoms with Crippen molar-refractivity contribution in [2.45, 2.75) is 52.0 Å². The topological polar surface area (TPSA) is 15.3 Å². The minimum atomic E-state index is 1.16. The van der Waals surface area contributed by atoms with Gasteiger partial charge in [-0.2, -0.15) is 0 Å². The summed E-state index contributed by atoms with van der Waals surface area (Å²) in [5.74, 6) is 0. The number of unbranched alkanes of at least 4 members (excludes halogenated alkanes) is 2. The molecule has 1 aliphatic heterocycles. The van der Waals surface area contributed by atoms with Gasteiger partial charge in [-0.05, 0) is 69.4 Å². The first kappa shape index (κ1) is 15.5. The molecule has 0 unspecified atom stereocenters. The molecular formula is C18H30N2. The summed E-state index contributed by atoms with van der Waals surface area (Å²) in [6, 6.07) is 8.97. The monoisotopic (exact) mass is 274 g/mol. The fraction of sp³-hybridized carbons (Fsp3) is 0.667. The van der Waals surface area contributed by atoms with Gasteiger partial charge in [0.05, 0.1) is 0 Å². The number of benzene rings is 1. The van der Waals surface area contributed by atoms with Crippen molar-refractivity contribution >= 4 is 0 Å². The summed E-state index contributed by atoms with van der Waals surface area (Å²) in [6.07, 6.45) is 7.84. The van der Waals surface area contributed by atoms with Gasteiger partial charge in [-0.3, -0.25) is 4.90 Å². The van der Waals surface area contributed by atoms with Crippen molar-refractivity contribution in [3.63, 3.8) is 0 Å². The molecule has 112 valence electrons. The lowest BCUT2D eigenvalue weighted by atomic mass is 10.0.